The molecule has 0 unspecified atom stereocenters. The normalized spacial score (nSPS) is 49.7. The first-order valence-corrected chi connectivity index (χ1v) is 4.62. The maximum absolute atomic E-state index is 11.3. The van der Waals surface area contributed by atoms with E-state index in [2.05, 4.69) is 5.32 Å². The van der Waals surface area contributed by atoms with Gasteiger partial charge in [-0.15, -0.1) is 0 Å². The second-order valence-corrected chi connectivity index (χ2v) is 4.24. The van der Waals surface area contributed by atoms with E-state index in [1.54, 1.807) is 0 Å². The molecule has 0 aromatic carbocycles. The lowest BCUT2D eigenvalue weighted by Gasteiger charge is -2.19. The molecule has 2 saturated carbocycles. The molecule has 1 aliphatic heterocycles. The highest BCUT2D eigenvalue weighted by atomic mass is 16.2. The Morgan fingerprint density at radius 2 is 1.50 bits per heavy atom. The molecule has 2 aliphatic carbocycles. The van der Waals surface area contributed by atoms with E-state index in [1.807, 2.05) is 0 Å². The van der Waals surface area contributed by atoms with E-state index in [0.29, 0.717) is 11.8 Å². The number of carbonyl (C=O) groups excluding carboxylic acids is 2. The lowest BCUT2D eigenvalue weighted by Crippen LogP contribution is -2.24. The molecule has 3 heteroatoms. The Balaban J connectivity index is 2.03. The van der Waals surface area contributed by atoms with Gasteiger partial charge in [0.1, 0.15) is 0 Å². The molecule has 0 aromatic heterocycles. The van der Waals surface area contributed by atoms with Gasteiger partial charge in [-0.2, -0.15) is 0 Å². The van der Waals surface area contributed by atoms with Crippen molar-refractivity contribution in [2.45, 2.75) is 19.3 Å². The minimum absolute atomic E-state index is 0.00259. The predicted octanol–water partition coefficient (Wildman–Crippen LogP) is 0.305. The average Bonchev–Trinajstić information content (AvgIpc) is 2.64. The molecule has 3 fully saturated rings. The van der Waals surface area contributed by atoms with Gasteiger partial charge in [-0.25, -0.2) is 0 Å². The van der Waals surface area contributed by atoms with Crippen LogP contribution in [0.25, 0.3) is 0 Å². The van der Waals surface area contributed by atoms with Gasteiger partial charge >= 0.3 is 0 Å². The molecule has 2 amide bonds. The van der Waals surface area contributed by atoms with Crippen LogP contribution in [-0.4, -0.2) is 11.8 Å². The van der Waals surface area contributed by atoms with Crippen LogP contribution in [0.1, 0.15) is 19.3 Å². The van der Waals surface area contributed by atoms with Crippen molar-refractivity contribution in [1.29, 1.82) is 0 Å². The molecule has 0 aromatic rings. The van der Waals surface area contributed by atoms with Crippen LogP contribution in [0, 0.1) is 23.7 Å². The fraction of sp³-hybridized carbons (Fsp3) is 0.778. The quantitative estimate of drug-likeness (QED) is 0.525. The molecule has 3 aliphatic rings. The first kappa shape index (κ1) is 6.63. The summed E-state index contributed by atoms with van der Waals surface area (Å²) in [4.78, 5) is 22.6. The van der Waals surface area contributed by atoms with E-state index in [9.17, 15) is 9.59 Å². The van der Waals surface area contributed by atoms with Crippen molar-refractivity contribution in [2.75, 3.05) is 0 Å². The largest absolute Gasteiger partial charge is 0.296 e. The third-order valence-electron chi connectivity index (χ3n) is 3.77. The molecular weight excluding hydrogens is 154 g/mol. The van der Waals surface area contributed by atoms with Crippen LogP contribution in [-0.2, 0) is 9.59 Å². The second-order valence-electron chi connectivity index (χ2n) is 4.24. The molecule has 0 radical (unpaired) electrons. The number of hydrogen-bond acceptors (Lipinski definition) is 2. The Hall–Kier alpha value is -0.860. The highest BCUT2D eigenvalue weighted by molar-refractivity contribution is 6.05. The van der Waals surface area contributed by atoms with Gasteiger partial charge in [0.15, 0.2) is 0 Å². The van der Waals surface area contributed by atoms with Crippen molar-refractivity contribution in [2.24, 2.45) is 23.7 Å². The van der Waals surface area contributed by atoms with Crippen molar-refractivity contribution in [1.82, 2.24) is 5.32 Å². The molecule has 1 heterocycles. The Morgan fingerprint density at radius 3 is 2.00 bits per heavy atom. The summed E-state index contributed by atoms with van der Waals surface area (Å²) in [5, 5.41) is 2.44. The third kappa shape index (κ3) is 0.586. The molecule has 3 rings (SSSR count). The third-order valence-corrected chi connectivity index (χ3v) is 3.77. The van der Waals surface area contributed by atoms with Crippen LogP contribution < -0.4 is 5.32 Å². The highest BCUT2D eigenvalue weighted by Gasteiger charge is 2.57. The lowest BCUT2D eigenvalue weighted by atomic mass is 9.81. The van der Waals surface area contributed by atoms with E-state index in [1.165, 1.54) is 0 Å². The molecule has 1 saturated heterocycles. The molecule has 12 heavy (non-hydrogen) atoms. The standard InChI is InChI=1S/C9H11NO2/c11-8-6-4-1-2-5(3-4)7(6)9(12)10-8/h4-7H,1-3H2,(H,10,11,12)/t4-,5+,6-,7-/m0/s1. The topological polar surface area (TPSA) is 46.2 Å². The SMILES string of the molecule is O=C1NC(=O)[C@H]2[C@H]3CC[C@H](C3)[C@H]12. The van der Waals surface area contributed by atoms with E-state index in [4.69, 9.17) is 0 Å². The van der Waals surface area contributed by atoms with Crippen LogP contribution >= 0.6 is 0 Å². The number of amides is 2. The van der Waals surface area contributed by atoms with Gasteiger partial charge in [0.05, 0.1) is 11.8 Å². The predicted molar refractivity (Wildman–Crippen MR) is 41.0 cm³/mol. The molecule has 1 N–H and O–H groups in total. The van der Waals surface area contributed by atoms with Gasteiger partial charge in [-0.05, 0) is 31.1 Å². The van der Waals surface area contributed by atoms with Crippen molar-refractivity contribution in [3.05, 3.63) is 0 Å². The summed E-state index contributed by atoms with van der Waals surface area (Å²) >= 11 is 0. The highest BCUT2D eigenvalue weighted by Crippen LogP contribution is 2.54. The van der Waals surface area contributed by atoms with Gasteiger partial charge in [-0.3, -0.25) is 14.9 Å². The van der Waals surface area contributed by atoms with Crippen LogP contribution in [0.4, 0.5) is 0 Å². The Bertz CT molecular complexity index is 248. The molecule has 64 valence electrons. The minimum atomic E-state index is -0.00259. The summed E-state index contributed by atoms with van der Waals surface area (Å²) in [6.07, 6.45) is 3.44. The number of rotatable bonds is 0. The monoisotopic (exact) mass is 165 g/mol. The van der Waals surface area contributed by atoms with Crippen LogP contribution in [0.5, 0.6) is 0 Å². The number of nitrogens with one attached hydrogen (secondary N) is 1. The summed E-state index contributed by atoms with van der Waals surface area (Å²) < 4.78 is 0. The molecule has 4 atom stereocenters. The van der Waals surface area contributed by atoms with Gasteiger partial charge < -0.3 is 0 Å². The maximum Gasteiger partial charge on any atom is 0.230 e. The molecule has 2 bridgehead atoms. The van der Waals surface area contributed by atoms with Crippen LogP contribution in [0.2, 0.25) is 0 Å². The van der Waals surface area contributed by atoms with E-state index in [-0.39, 0.29) is 23.7 Å². The number of fused-ring (bicyclic) bond motifs is 5. The van der Waals surface area contributed by atoms with Crippen LogP contribution in [0.3, 0.4) is 0 Å². The summed E-state index contributed by atoms with van der Waals surface area (Å²) in [5.41, 5.74) is 0. The van der Waals surface area contributed by atoms with Gasteiger partial charge in [-0.1, -0.05) is 0 Å². The zero-order valence-corrected chi connectivity index (χ0v) is 6.75. The molecular formula is C9H11NO2. The van der Waals surface area contributed by atoms with E-state index in [0.717, 1.165) is 19.3 Å². The summed E-state index contributed by atoms with van der Waals surface area (Å²) in [7, 11) is 0. The first-order valence-electron chi connectivity index (χ1n) is 4.62. The number of imide groups is 1. The van der Waals surface area contributed by atoms with Crippen molar-refractivity contribution in [3.63, 3.8) is 0 Å². The van der Waals surface area contributed by atoms with E-state index >= 15 is 0 Å². The lowest BCUT2D eigenvalue weighted by molar-refractivity contribution is -0.126. The van der Waals surface area contributed by atoms with Gasteiger partial charge in [0, 0.05) is 0 Å². The van der Waals surface area contributed by atoms with E-state index < -0.39 is 0 Å². The smallest absolute Gasteiger partial charge is 0.230 e. The zero-order valence-electron chi connectivity index (χ0n) is 6.75. The maximum atomic E-state index is 11.3. The summed E-state index contributed by atoms with van der Waals surface area (Å²) in [6.45, 7) is 0. The fourth-order valence-corrected chi connectivity index (χ4v) is 3.33. The van der Waals surface area contributed by atoms with Gasteiger partial charge in [0.25, 0.3) is 0 Å². The zero-order chi connectivity index (χ0) is 8.29. The van der Waals surface area contributed by atoms with Crippen molar-refractivity contribution < 1.29 is 9.59 Å². The summed E-state index contributed by atoms with van der Waals surface area (Å²) in [5.74, 6) is 1.14. The van der Waals surface area contributed by atoms with Crippen LogP contribution in [0.15, 0.2) is 0 Å². The average molecular weight is 165 g/mol. The Morgan fingerprint density at radius 1 is 1.00 bits per heavy atom. The molecule has 0 spiro atoms. The van der Waals surface area contributed by atoms with Crippen molar-refractivity contribution in [3.8, 4) is 0 Å². The Kier molecular flexibility index (Phi) is 1.05. The minimum Gasteiger partial charge on any atom is -0.296 e. The Labute approximate surface area is 70.5 Å². The van der Waals surface area contributed by atoms with Crippen molar-refractivity contribution >= 4 is 11.8 Å². The van der Waals surface area contributed by atoms with Gasteiger partial charge in [0.2, 0.25) is 11.8 Å². The number of hydrogen-bond donors (Lipinski definition) is 1. The first-order chi connectivity index (χ1) is 5.77. The molecule has 3 nitrogen and oxygen atoms in total. The second kappa shape index (κ2) is 1.90. The summed E-state index contributed by atoms with van der Waals surface area (Å²) in [6, 6.07) is 0. The number of carbonyl (C=O) groups is 2. The fourth-order valence-electron chi connectivity index (χ4n) is 3.33.